The lowest BCUT2D eigenvalue weighted by molar-refractivity contribution is 0.0592. The molecule has 314 valence electrons. The van der Waals surface area contributed by atoms with E-state index in [1.54, 1.807) is 53.8 Å². The average Bonchev–Trinajstić information content (AvgIpc) is 4.19. The molecule has 0 spiro atoms. The number of carbonyl (C=O) groups is 3. The minimum absolute atomic E-state index is 0.313. The number of nitrogens with zero attached hydrogens (tertiary/aromatic N) is 2. The fraction of sp³-hybridized carbons (Fsp3) is 0.0755. The molecule has 0 saturated carbocycles. The molecule has 0 saturated heterocycles. The van der Waals surface area contributed by atoms with E-state index in [-0.39, 0.29) is 0 Å². The van der Waals surface area contributed by atoms with E-state index in [0.717, 1.165) is 70.6 Å². The number of fused-ring (bicyclic) bond motifs is 8. The van der Waals surface area contributed by atoms with Gasteiger partial charge in [0.2, 0.25) is 0 Å². The largest absolute Gasteiger partial charge is 0.489 e. The number of methoxy groups -OCH3 is 3. The fourth-order valence-electron chi connectivity index (χ4n) is 7.89. The lowest BCUT2D eigenvalue weighted by Gasteiger charge is -2.11. The van der Waals surface area contributed by atoms with Crippen LogP contribution in [0.1, 0.15) is 53.8 Å². The summed E-state index contributed by atoms with van der Waals surface area (Å²) in [6.07, 6.45) is 9.71. The van der Waals surface area contributed by atoms with E-state index in [2.05, 4.69) is 23.7 Å². The second-order valence-corrected chi connectivity index (χ2v) is 15.8. The Morgan fingerprint density at radius 1 is 0.531 bits per heavy atom. The summed E-state index contributed by atoms with van der Waals surface area (Å²) >= 11 is 1.59. The third kappa shape index (κ3) is 7.80. The Bertz CT molecular complexity index is 3180. The zero-order chi connectivity index (χ0) is 44.3. The van der Waals surface area contributed by atoms with Gasteiger partial charge in [0.15, 0.2) is 0 Å². The van der Waals surface area contributed by atoms with Crippen LogP contribution in [0, 0.1) is 0 Å². The number of benzene rings is 4. The van der Waals surface area contributed by atoms with Crippen LogP contribution in [0.5, 0.6) is 5.75 Å². The standard InChI is InChI=1S/C53H39N3O7S/c1-5-30-63-44-9-7-6-8-37(44)50-43-27-25-41(56-43)48(32-12-18-35(19-13-32)52(58)61-3)39-23-22-38(54-39)47(31-10-16-34(17-11-31)51(57)60-2)40-24-26-42(55-40)49(45-28-29-46(50)64-45)33-14-20-36(21-15-33)53(59)62-4/h5-29,54H,1,30H2,2-4H3. The molecule has 64 heavy (non-hydrogen) atoms. The number of hydrogen-bond donors (Lipinski definition) is 1. The van der Waals surface area contributed by atoms with E-state index in [9.17, 15) is 14.4 Å². The topological polar surface area (TPSA) is 130 Å². The molecule has 4 aromatic carbocycles. The predicted octanol–water partition coefficient (Wildman–Crippen LogP) is 12.0. The summed E-state index contributed by atoms with van der Waals surface area (Å²) in [5.41, 5.74) is 12.2. The zero-order valence-corrected chi connectivity index (χ0v) is 35.8. The second-order valence-electron chi connectivity index (χ2n) is 14.7. The van der Waals surface area contributed by atoms with Gasteiger partial charge in [-0.05, 0) is 108 Å². The summed E-state index contributed by atoms with van der Waals surface area (Å²) in [5, 5.41) is 0. The van der Waals surface area contributed by atoms with Crippen LogP contribution in [0.25, 0.3) is 89.2 Å². The molecule has 2 aliphatic heterocycles. The maximum Gasteiger partial charge on any atom is 0.337 e. The van der Waals surface area contributed by atoms with Crippen molar-refractivity contribution in [2.45, 2.75) is 0 Å². The first-order valence-corrected chi connectivity index (χ1v) is 21.1. The van der Waals surface area contributed by atoms with E-state index in [0.29, 0.717) is 46.1 Å². The van der Waals surface area contributed by atoms with Gasteiger partial charge in [0.25, 0.3) is 0 Å². The highest BCUT2D eigenvalue weighted by Gasteiger charge is 2.21. The minimum atomic E-state index is -0.439. The van der Waals surface area contributed by atoms with Crippen molar-refractivity contribution >= 4 is 74.0 Å². The molecule has 2 aliphatic rings. The van der Waals surface area contributed by atoms with Gasteiger partial charge in [-0.3, -0.25) is 0 Å². The van der Waals surface area contributed by atoms with Gasteiger partial charge >= 0.3 is 17.9 Å². The maximum atomic E-state index is 12.5. The fourth-order valence-corrected chi connectivity index (χ4v) is 9.04. The van der Waals surface area contributed by atoms with Crippen LogP contribution in [0.4, 0.5) is 0 Å². The molecule has 9 rings (SSSR count). The highest BCUT2D eigenvalue weighted by molar-refractivity contribution is 7.24. The van der Waals surface area contributed by atoms with Crippen LogP contribution >= 0.6 is 11.3 Å². The Morgan fingerprint density at radius 2 is 0.938 bits per heavy atom. The first kappa shape index (κ1) is 41.2. The summed E-state index contributed by atoms with van der Waals surface area (Å²) in [7, 11) is 4.08. The quantitative estimate of drug-likeness (QED) is 0.0811. The van der Waals surface area contributed by atoms with Crippen molar-refractivity contribution in [2.75, 3.05) is 27.9 Å². The van der Waals surface area contributed by atoms with Gasteiger partial charge in [0, 0.05) is 48.3 Å². The van der Waals surface area contributed by atoms with Gasteiger partial charge < -0.3 is 23.9 Å². The normalized spacial score (nSPS) is 11.5. The SMILES string of the molecule is C=CCOc1ccccc1-c1c2nc(c(-c3ccc(C(=O)OC)cc3)c3ccc([nH]3)c(-c3ccc(C(=O)OC)cc3)c3nc(c(-c4ccc(C(=O)OC)cc4)c4ccc1s4)C=C3)C=C2. The van der Waals surface area contributed by atoms with Crippen LogP contribution in [0.2, 0.25) is 0 Å². The third-order valence-electron chi connectivity index (χ3n) is 10.9. The average molecular weight is 862 g/mol. The molecule has 5 heterocycles. The van der Waals surface area contributed by atoms with Crippen LogP contribution in [0.15, 0.2) is 134 Å². The molecular weight excluding hydrogens is 823 g/mol. The molecule has 8 bridgehead atoms. The number of H-pyrrole nitrogens is 1. The van der Waals surface area contributed by atoms with E-state index < -0.39 is 17.9 Å². The first-order valence-electron chi connectivity index (χ1n) is 20.2. The molecule has 0 fully saturated rings. The zero-order valence-electron chi connectivity index (χ0n) is 35.0. The van der Waals surface area contributed by atoms with E-state index in [4.69, 9.17) is 28.9 Å². The van der Waals surface area contributed by atoms with Gasteiger partial charge in [-0.25, -0.2) is 24.4 Å². The van der Waals surface area contributed by atoms with Crippen molar-refractivity contribution in [1.82, 2.24) is 15.0 Å². The van der Waals surface area contributed by atoms with Crippen molar-refractivity contribution in [1.29, 1.82) is 0 Å². The molecule has 0 unspecified atom stereocenters. The molecule has 1 N–H and O–H groups in total. The summed E-state index contributed by atoms with van der Waals surface area (Å²) in [6.45, 7) is 4.19. The second kappa shape index (κ2) is 17.7. The van der Waals surface area contributed by atoms with Gasteiger partial charge in [0.05, 0.1) is 60.8 Å². The number of thiophene rings is 1. The molecule has 7 aromatic rings. The lowest BCUT2D eigenvalue weighted by atomic mass is 10.0. The number of nitrogens with one attached hydrogen (secondary N) is 1. The molecule has 0 atom stereocenters. The number of carbonyl (C=O) groups excluding carboxylic acids is 3. The van der Waals surface area contributed by atoms with Crippen LogP contribution in [0.3, 0.4) is 0 Å². The number of hydrogen-bond acceptors (Lipinski definition) is 10. The van der Waals surface area contributed by atoms with Gasteiger partial charge in [-0.1, -0.05) is 67.3 Å². The monoisotopic (exact) mass is 861 g/mol. The molecular formula is C53H39N3O7S. The Balaban J connectivity index is 1.42. The number of aromatic nitrogens is 3. The number of para-hydroxylation sites is 1. The first-order chi connectivity index (χ1) is 31.3. The summed E-state index contributed by atoms with van der Waals surface area (Å²) in [5.74, 6) is -0.628. The molecule has 11 heteroatoms. The van der Waals surface area contributed by atoms with Gasteiger partial charge in [-0.2, -0.15) is 0 Å². The predicted molar refractivity (Wildman–Crippen MR) is 254 cm³/mol. The highest BCUT2D eigenvalue weighted by Crippen LogP contribution is 2.43. The van der Waals surface area contributed by atoms with Gasteiger partial charge in [0.1, 0.15) is 12.4 Å². The number of aromatic amines is 1. The van der Waals surface area contributed by atoms with Crippen molar-refractivity contribution in [3.8, 4) is 50.3 Å². The molecule has 0 radical (unpaired) electrons. The lowest BCUT2D eigenvalue weighted by Crippen LogP contribution is -2.00. The van der Waals surface area contributed by atoms with Crippen LogP contribution in [-0.4, -0.2) is 60.8 Å². The Kier molecular flexibility index (Phi) is 11.4. The summed E-state index contributed by atoms with van der Waals surface area (Å²) in [6, 6.07) is 37.9. The third-order valence-corrected chi connectivity index (χ3v) is 12.0. The smallest absolute Gasteiger partial charge is 0.337 e. The number of ether oxygens (including phenoxy) is 4. The van der Waals surface area contributed by atoms with Crippen LogP contribution < -0.4 is 4.74 Å². The van der Waals surface area contributed by atoms with Crippen molar-refractivity contribution < 1.29 is 33.3 Å². The van der Waals surface area contributed by atoms with Crippen molar-refractivity contribution in [3.05, 3.63) is 173 Å². The number of rotatable bonds is 10. The van der Waals surface area contributed by atoms with Crippen molar-refractivity contribution in [3.63, 3.8) is 0 Å². The van der Waals surface area contributed by atoms with Crippen LogP contribution in [-0.2, 0) is 14.2 Å². The summed E-state index contributed by atoms with van der Waals surface area (Å²) < 4.78 is 23.1. The Morgan fingerprint density at radius 3 is 1.39 bits per heavy atom. The molecule has 0 aliphatic carbocycles. The van der Waals surface area contributed by atoms with E-state index in [1.165, 1.54) is 21.3 Å². The maximum absolute atomic E-state index is 12.5. The molecule has 0 amide bonds. The van der Waals surface area contributed by atoms with E-state index in [1.807, 2.05) is 97.1 Å². The minimum Gasteiger partial charge on any atom is -0.489 e. The van der Waals surface area contributed by atoms with Gasteiger partial charge in [-0.15, -0.1) is 11.3 Å². The Hall–Kier alpha value is -8.15. The van der Waals surface area contributed by atoms with Crippen molar-refractivity contribution in [2.24, 2.45) is 0 Å². The molecule has 10 nitrogen and oxygen atoms in total. The molecule has 3 aromatic heterocycles. The number of esters is 3. The summed E-state index contributed by atoms with van der Waals surface area (Å²) in [4.78, 5) is 52.0. The highest BCUT2D eigenvalue weighted by atomic mass is 32.1. The van der Waals surface area contributed by atoms with E-state index >= 15 is 0 Å². The Labute approximate surface area is 372 Å².